The Kier molecular flexibility index (Phi) is 8.87. The summed E-state index contributed by atoms with van der Waals surface area (Å²) < 4.78 is 0. The summed E-state index contributed by atoms with van der Waals surface area (Å²) in [6.45, 7) is 4.13. The third-order valence-corrected chi connectivity index (χ3v) is 3.01. The first-order chi connectivity index (χ1) is 7.63. The Balaban J connectivity index is 3.63. The van der Waals surface area contributed by atoms with Crippen LogP contribution in [-0.2, 0) is 9.59 Å². The van der Waals surface area contributed by atoms with Crippen LogP contribution >= 0.6 is 0 Å². The molecule has 2 N–H and O–H groups in total. The highest BCUT2D eigenvalue weighted by molar-refractivity contribution is 6.36. The van der Waals surface area contributed by atoms with Crippen molar-refractivity contribution in [2.24, 2.45) is 11.7 Å². The quantitative estimate of drug-likeness (QED) is 0.461. The van der Waals surface area contributed by atoms with Crippen LogP contribution in [0.15, 0.2) is 0 Å². The molecule has 94 valence electrons. The summed E-state index contributed by atoms with van der Waals surface area (Å²) in [4.78, 5) is 22.1. The fraction of sp³-hybridized carbons (Fsp3) is 0.846. The molecule has 0 aliphatic heterocycles. The highest BCUT2D eigenvalue weighted by atomic mass is 16.2. The molecule has 3 nitrogen and oxygen atoms in total. The van der Waals surface area contributed by atoms with Gasteiger partial charge < -0.3 is 5.73 Å². The van der Waals surface area contributed by atoms with Crippen molar-refractivity contribution in [2.45, 2.75) is 65.2 Å². The molecule has 0 rings (SSSR count). The van der Waals surface area contributed by atoms with E-state index in [4.69, 9.17) is 5.73 Å². The molecule has 3 heteroatoms. The molecule has 0 bridgehead atoms. The molecule has 16 heavy (non-hydrogen) atoms. The number of carbonyl (C=O) groups is 2. The summed E-state index contributed by atoms with van der Waals surface area (Å²) in [6.07, 6.45) is 8.76. The lowest BCUT2D eigenvalue weighted by atomic mass is 9.93. The summed E-state index contributed by atoms with van der Waals surface area (Å²) in [5.41, 5.74) is 4.99. The summed E-state index contributed by atoms with van der Waals surface area (Å²) in [6, 6.07) is 0. The van der Waals surface area contributed by atoms with Gasteiger partial charge in [-0.15, -0.1) is 0 Å². The van der Waals surface area contributed by atoms with Crippen LogP contribution in [0.5, 0.6) is 0 Å². The van der Waals surface area contributed by atoms with Gasteiger partial charge >= 0.3 is 0 Å². The number of hydrogen-bond acceptors (Lipinski definition) is 2. The van der Waals surface area contributed by atoms with E-state index in [0.29, 0.717) is 0 Å². The number of hydrogen-bond donors (Lipinski definition) is 1. The molecular formula is C13H25NO2. The first-order valence-electron chi connectivity index (χ1n) is 6.47. The molecule has 0 spiro atoms. The van der Waals surface area contributed by atoms with Crippen LogP contribution in [0.2, 0.25) is 0 Å². The van der Waals surface area contributed by atoms with E-state index in [1.165, 1.54) is 25.7 Å². The van der Waals surface area contributed by atoms with E-state index in [0.717, 1.165) is 25.7 Å². The topological polar surface area (TPSA) is 60.2 Å². The highest BCUT2D eigenvalue weighted by Crippen LogP contribution is 2.15. The largest absolute Gasteiger partial charge is 0.363 e. The molecule has 0 aromatic heterocycles. The minimum absolute atomic E-state index is 0.149. The summed E-state index contributed by atoms with van der Waals surface area (Å²) >= 11 is 0. The van der Waals surface area contributed by atoms with Crippen LogP contribution in [0.25, 0.3) is 0 Å². The van der Waals surface area contributed by atoms with Crippen molar-refractivity contribution < 1.29 is 9.59 Å². The lowest BCUT2D eigenvalue weighted by molar-refractivity contribution is -0.138. The van der Waals surface area contributed by atoms with Crippen LogP contribution in [-0.4, -0.2) is 11.7 Å². The van der Waals surface area contributed by atoms with Crippen molar-refractivity contribution in [1.29, 1.82) is 0 Å². The van der Waals surface area contributed by atoms with Crippen LogP contribution in [0.4, 0.5) is 0 Å². The minimum atomic E-state index is -0.780. The van der Waals surface area contributed by atoms with Gasteiger partial charge in [0.1, 0.15) is 0 Å². The normalized spacial score (nSPS) is 12.4. The molecule has 0 aliphatic carbocycles. The molecule has 0 aliphatic rings. The van der Waals surface area contributed by atoms with Gasteiger partial charge in [0.05, 0.1) is 0 Å². The van der Waals surface area contributed by atoms with E-state index >= 15 is 0 Å². The van der Waals surface area contributed by atoms with Crippen LogP contribution < -0.4 is 5.73 Å². The number of amides is 1. The molecule has 1 unspecified atom stereocenters. The molecule has 0 saturated carbocycles. The fourth-order valence-corrected chi connectivity index (χ4v) is 1.89. The highest BCUT2D eigenvalue weighted by Gasteiger charge is 2.20. The van der Waals surface area contributed by atoms with Gasteiger partial charge in [-0.2, -0.15) is 0 Å². The molecule has 1 amide bonds. The Morgan fingerprint density at radius 1 is 1.00 bits per heavy atom. The molecule has 0 saturated heterocycles. The maximum absolute atomic E-state index is 11.4. The number of Topliss-reactive ketones (excluding diaryl/α,β-unsaturated/α-hetero) is 1. The maximum Gasteiger partial charge on any atom is 0.285 e. The van der Waals surface area contributed by atoms with E-state index in [2.05, 4.69) is 6.92 Å². The smallest absolute Gasteiger partial charge is 0.285 e. The SMILES string of the molecule is CCCCCCCCC(CC)C(=O)C(N)=O. The van der Waals surface area contributed by atoms with Gasteiger partial charge in [0, 0.05) is 5.92 Å². The lowest BCUT2D eigenvalue weighted by Gasteiger charge is -2.10. The molecule has 0 aromatic carbocycles. The number of primary amides is 1. The Bertz CT molecular complexity index is 214. The zero-order chi connectivity index (χ0) is 12.4. The summed E-state index contributed by atoms with van der Waals surface area (Å²) in [7, 11) is 0. The average Bonchev–Trinajstić information content (AvgIpc) is 2.27. The lowest BCUT2D eigenvalue weighted by Crippen LogP contribution is -2.29. The van der Waals surface area contributed by atoms with Crippen LogP contribution in [0, 0.1) is 5.92 Å². The second-order valence-electron chi connectivity index (χ2n) is 4.39. The maximum atomic E-state index is 11.4. The predicted molar refractivity (Wildman–Crippen MR) is 66.0 cm³/mol. The van der Waals surface area contributed by atoms with Gasteiger partial charge in [-0.05, 0) is 12.8 Å². The molecule has 1 atom stereocenters. The van der Waals surface area contributed by atoms with E-state index in [1.54, 1.807) is 0 Å². The number of carbonyl (C=O) groups excluding carboxylic acids is 2. The van der Waals surface area contributed by atoms with Gasteiger partial charge in [-0.25, -0.2) is 0 Å². The van der Waals surface area contributed by atoms with Crippen molar-refractivity contribution in [3.05, 3.63) is 0 Å². The van der Waals surface area contributed by atoms with Gasteiger partial charge in [-0.3, -0.25) is 9.59 Å². The summed E-state index contributed by atoms with van der Waals surface area (Å²) in [5, 5.41) is 0. The number of rotatable bonds is 10. The van der Waals surface area contributed by atoms with Gasteiger partial charge in [0.15, 0.2) is 0 Å². The number of nitrogens with two attached hydrogens (primary N) is 1. The van der Waals surface area contributed by atoms with Crippen molar-refractivity contribution in [2.75, 3.05) is 0 Å². The van der Waals surface area contributed by atoms with E-state index in [-0.39, 0.29) is 5.92 Å². The Hall–Kier alpha value is -0.860. The third kappa shape index (κ3) is 6.59. The van der Waals surface area contributed by atoms with Crippen molar-refractivity contribution in [1.82, 2.24) is 0 Å². The van der Waals surface area contributed by atoms with Gasteiger partial charge in [0.2, 0.25) is 5.78 Å². The number of ketones is 1. The fourth-order valence-electron chi connectivity index (χ4n) is 1.89. The van der Waals surface area contributed by atoms with E-state index in [1.807, 2.05) is 6.92 Å². The van der Waals surface area contributed by atoms with Crippen molar-refractivity contribution in [3.8, 4) is 0 Å². The standard InChI is InChI=1S/C13H25NO2/c1-3-5-6-7-8-9-10-11(4-2)12(15)13(14)16/h11H,3-10H2,1-2H3,(H2,14,16). The van der Waals surface area contributed by atoms with E-state index < -0.39 is 11.7 Å². The Morgan fingerprint density at radius 3 is 2.06 bits per heavy atom. The van der Waals surface area contributed by atoms with E-state index in [9.17, 15) is 9.59 Å². The predicted octanol–water partition coefficient (Wildman–Crippen LogP) is 2.82. The second kappa shape index (κ2) is 9.37. The second-order valence-corrected chi connectivity index (χ2v) is 4.39. The van der Waals surface area contributed by atoms with Crippen molar-refractivity contribution in [3.63, 3.8) is 0 Å². The zero-order valence-corrected chi connectivity index (χ0v) is 10.6. The number of unbranched alkanes of at least 4 members (excludes halogenated alkanes) is 5. The average molecular weight is 227 g/mol. The zero-order valence-electron chi connectivity index (χ0n) is 10.6. The Morgan fingerprint density at radius 2 is 1.56 bits per heavy atom. The first-order valence-corrected chi connectivity index (χ1v) is 6.47. The monoisotopic (exact) mass is 227 g/mol. The van der Waals surface area contributed by atoms with Gasteiger partial charge in [0.25, 0.3) is 5.91 Å². The minimum Gasteiger partial charge on any atom is -0.363 e. The van der Waals surface area contributed by atoms with Crippen LogP contribution in [0.1, 0.15) is 65.2 Å². The molecule has 0 heterocycles. The molecule has 0 radical (unpaired) electrons. The third-order valence-electron chi connectivity index (χ3n) is 3.01. The van der Waals surface area contributed by atoms with Crippen molar-refractivity contribution >= 4 is 11.7 Å². The molecular weight excluding hydrogens is 202 g/mol. The van der Waals surface area contributed by atoms with Crippen LogP contribution in [0.3, 0.4) is 0 Å². The first kappa shape index (κ1) is 15.1. The molecule has 0 aromatic rings. The Labute approximate surface area is 98.8 Å². The molecule has 0 fully saturated rings. The summed E-state index contributed by atoms with van der Waals surface area (Å²) in [5.74, 6) is -1.32. The van der Waals surface area contributed by atoms with Gasteiger partial charge in [-0.1, -0.05) is 52.4 Å².